The summed E-state index contributed by atoms with van der Waals surface area (Å²) in [6.07, 6.45) is 4.43. The summed E-state index contributed by atoms with van der Waals surface area (Å²) in [5.74, 6) is 0.645. The van der Waals surface area contributed by atoms with Gasteiger partial charge in [-0.1, -0.05) is 42.5 Å². The molecule has 7 heteroatoms. The summed E-state index contributed by atoms with van der Waals surface area (Å²) < 4.78 is 0. The largest absolute Gasteiger partial charge is 0.342 e. The summed E-state index contributed by atoms with van der Waals surface area (Å²) in [6.45, 7) is 3.89. The fourth-order valence-electron chi connectivity index (χ4n) is 4.54. The van der Waals surface area contributed by atoms with Crippen molar-refractivity contribution in [3.05, 3.63) is 65.7 Å². The Kier molecular flexibility index (Phi) is 8.63. The Bertz CT molecular complexity index is 984. The normalized spacial score (nSPS) is 16.1. The van der Waals surface area contributed by atoms with Crippen LogP contribution in [-0.2, 0) is 16.0 Å². The summed E-state index contributed by atoms with van der Waals surface area (Å²) in [6, 6.07) is 17.8. The van der Waals surface area contributed by atoms with E-state index < -0.39 is 0 Å². The number of carbonyl (C=O) groups is 3. The monoisotopic (exact) mass is 479 g/mol. The van der Waals surface area contributed by atoms with Crippen molar-refractivity contribution < 1.29 is 14.4 Å². The van der Waals surface area contributed by atoms with Gasteiger partial charge in [-0.25, -0.2) is 0 Å². The zero-order chi connectivity index (χ0) is 23.8. The standard InChI is InChI=1S/C27H33N3O3S/c31-25(14-8-11-22-9-2-1-3-10-22)29-17-19-30(20-18-29)27(33)23-12-4-5-13-24(23)34-21-26(32)28-15-6-7-16-28/h1-5,9-10,12-13H,6-8,11,14-21H2. The van der Waals surface area contributed by atoms with Crippen molar-refractivity contribution in [1.29, 1.82) is 0 Å². The molecule has 2 heterocycles. The van der Waals surface area contributed by atoms with Crippen LogP contribution in [0.5, 0.6) is 0 Å². The summed E-state index contributed by atoms with van der Waals surface area (Å²) in [5.41, 5.74) is 1.90. The number of aryl methyl sites for hydroxylation is 1. The Morgan fingerprint density at radius 3 is 2.06 bits per heavy atom. The molecule has 0 radical (unpaired) electrons. The van der Waals surface area contributed by atoms with Crippen LogP contribution in [0.1, 0.15) is 41.6 Å². The second-order valence-electron chi connectivity index (χ2n) is 8.88. The number of amides is 3. The molecule has 6 nitrogen and oxygen atoms in total. The van der Waals surface area contributed by atoms with E-state index in [4.69, 9.17) is 0 Å². The van der Waals surface area contributed by atoms with Gasteiger partial charge in [0, 0.05) is 50.6 Å². The SMILES string of the molecule is O=C(CCCc1ccccc1)N1CCN(C(=O)c2ccccc2SCC(=O)N2CCCC2)CC1. The van der Waals surface area contributed by atoms with Crippen molar-refractivity contribution in [1.82, 2.24) is 14.7 Å². The van der Waals surface area contributed by atoms with E-state index in [0.29, 0.717) is 43.9 Å². The molecule has 0 bridgehead atoms. The van der Waals surface area contributed by atoms with Crippen molar-refractivity contribution in [3.8, 4) is 0 Å². The van der Waals surface area contributed by atoms with Crippen molar-refractivity contribution >= 4 is 29.5 Å². The Hall–Kier alpha value is -2.80. The second kappa shape index (κ2) is 12.1. The maximum absolute atomic E-state index is 13.2. The van der Waals surface area contributed by atoms with Gasteiger partial charge in [0.05, 0.1) is 11.3 Å². The third kappa shape index (κ3) is 6.41. The molecule has 0 atom stereocenters. The maximum Gasteiger partial charge on any atom is 0.255 e. The molecule has 2 aliphatic heterocycles. The summed E-state index contributed by atoms with van der Waals surface area (Å²) in [4.78, 5) is 44.8. The number of hydrogen-bond acceptors (Lipinski definition) is 4. The highest BCUT2D eigenvalue weighted by atomic mass is 32.2. The lowest BCUT2D eigenvalue weighted by atomic mass is 10.1. The number of nitrogens with zero attached hydrogens (tertiary/aromatic N) is 3. The smallest absolute Gasteiger partial charge is 0.255 e. The van der Waals surface area contributed by atoms with Crippen molar-refractivity contribution in [2.75, 3.05) is 45.0 Å². The molecule has 0 N–H and O–H groups in total. The van der Waals surface area contributed by atoms with Gasteiger partial charge in [-0.3, -0.25) is 14.4 Å². The Morgan fingerprint density at radius 2 is 1.32 bits per heavy atom. The van der Waals surface area contributed by atoms with Gasteiger partial charge in [0.15, 0.2) is 0 Å². The van der Waals surface area contributed by atoms with Gasteiger partial charge in [0.25, 0.3) is 5.91 Å². The molecule has 0 spiro atoms. The molecule has 2 aromatic carbocycles. The highest BCUT2D eigenvalue weighted by Crippen LogP contribution is 2.25. The lowest BCUT2D eigenvalue weighted by Crippen LogP contribution is -2.50. The number of carbonyl (C=O) groups excluding carboxylic acids is 3. The fourth-order valence-corrected chi connectivity index (χ4v) is 5.49. The van der Waals surface area contributed by atoms with Gasteiger partial charge in [-0.15, -0.1) is 11.8 Å². The third-order valence-corrected chi connectivity index (χ3v) is 7.60. The summed E-state index contributed by atoms with van der Waals surface area (Å²) in [5, 5.41) is 0. The van der Waals surface area contributed by atoms with Gasteiger partial charge in [0.2, 0.25) is 11.8 Å². The average molecular weight is 480 g/mol. The predicted octanol–water partition coefficient (Wildman–Crippen LogP) is 3.71. The summed E-state index contributed by atoms with van der Waals surface area (Å²) >= 11 is 1.44. The van der Waals surface area contributed by atoms with Crippen LogP contribution < -0.4 is 0 Å². The van der Waals surface area contributed by atoms with E-state index in [2.05, 4.69) is 12.1 Å². The number of hydrogen-bond donors (Lipinski definition) is 0. The second-order valence-corrected chi connectivity index (χ2v) is 9.90. The Balaban J connectivity index is 1.25. The zero-order valence-electron chi connectivity index (χ0n) is 19.7. The Labute approximate surface area is 206 Å². The van der Waals surface area contributed by atoms with Crippen LogP contribution >= 0.6 is 11.8 Å². The summed E-state index contributed by atoms with van der Waals surface area (Å²) in [7, 11) is 0. The lowest BCUT2D eigenvalue weighted by molar-refractivity contribution is -0.132. The van der Waals surface area contributed by atoms with Crippen molar-refractivity contribution in [2.24, 2.45) is 0 Å². The first kappa shape index (κ1) is 24.3. The van der Waals surface area contributed by atoms with Gasteiger partial charge < -0.3 is 14.7 Å². The minimum absolute atomic E-state index is 0.0205. The van der Waals surface area contributed by atoms with Crippen LogP contribution in [0.2, 0.25) is 0 Å². The van der Waals surface area contributed by atoms with Gasteiger partial charge in [0.1, 0.15) is 0 Å². The number of thioether (sulfide) groups is 1. The van der Waals surface area contributed by atoms with Crippen LogP contribution in [0.25, 0.3) is 0 Å². The third-order valence-electron chi connectivity index (χ3n) is 6.55. The molecule has 4 rings (SSSR count). The van der Waals surface area contributed by atoms with E-state index in [9.17, 15) is 14.4 Å². The van der Waals surface area contributed by atoms with Crippen LogP contribution in [0.15, 0.2) is 59.5 Å². The molecule has 2 aromatic rings. The van der Waals surface area contributed by atoms with Crippen LogP contribution in [0, 0.1) is 0 Å². The number of rotatable bonds is 8. The zero-order valence-corrected chi connectivity index (χ0v) is 20.5. The van der Waals surface area contributed by atoms with Crippen molar-refractivity contribution in [3.63, 3.8) is 0 Å². The first-order chi connectivity index (χ1) is 16.6. The van der Waals surface area contributed by atoms with Gasteiger partial charge in [-0.05, 0) is 43.4 Å². The van der Waals surface area contributed by atoms with E-state index in [1.54, 1.807) is 0 Å². The molecule has 3 amide bonds. The van der Waals surface area contributed by atoms with Gasteiger partial charge in [-0.2, -0.15) is 0 Å². The van der Waals surface area contributed by atoms with E-state index >= 15 is 0 Å². The lowest BCUT2D eigenvalue weighted by Gasteiger charge is -2.35. The first-order valence-corrected chi connectivity index (χ1v) is 13.2. The molecule has 2 fully saturated rings. The number of piperazine rings is 1. The van der Waals surface area contributed by atoms with E-state index in [-0.39, 0.29) is 17.7 Å². The molecular formula is C27H33N3O3S. The minimum atomic E-state index is -0.0205. The minimum Gasteiger partial charge on any atom is -0.342 e. The molecule has 0 aromatic heterocycles. The van der Waals surface area contributed by atoms with Crippen LogP contribution in [-0.4, -0.2) is 77.4 Å². The maximum atomic E-state index is 13.2. The molecule has 2 aliphatic rings. The number of benzene rings is 2. The van der Waals surface area contributed by atoms with Crippen molar-refractivity contribution in [2.45, 2.75) is 37.0 Å². The first-order valence-electron chi connectivity index (χ1n) is 12.2. The molecule has 2 saturated heterocycles. The highest BCUT2D eigenvalue weighted by Gasteiger charge is 2.26. The van der Waals surface area contributed by atoms with E-state index in [0.717, 1.165) is 43.7 Å². The Morgan fingerprint density at radius 1 is 0.706 bits per heavy atom. The number of likely N-dealkylation sites (tertiary alicyclic amines) is 1. The quantitative estimate of drug-likeness (QED) is 0.542. The molecule has 34 heavy (non-hydrogen) atoms. The van der Waals surface area contributed by atoms with Crippen LogP contribution in [0.3, 0.4) is 0 Å². The molecule has 0 unspecified atom stereocenters. The molecule has 0 aliphatic carbocycles. The fraction of sp³-hybridized carbons (Fsp3) is 0.444. The molecule has 0 saturated carbocycles. The average Bonchev–Trinajstić information content (AvgIpc) is 3.43. The van der Waals surface area contributed by atoms with E-state index in [1.807, 2.05) is 57.2 Å². The highest BCUT2D eigenvalue weighted by molar-refractivity contribution is 8.00. The van der Waals surface area contributed by atoms with Crippen LogP contribution in [0.4, 0.5) is 0 Å². The van der Waals surface area contributed by atoms with E-state index in [1.165, 1.54) is 17.3 Å². The molecular weight excluding hydrogens is 446 g/mol. The topological polar surface area (TPSA) is 60.9 Å². The predicted molar refractivity (Wildman–Crippen MR) is 135 cm³/mol. The molecule has 180 valence electrons. The van der Waals surface area contributed by atoms with Gasteiger partial charge >= 0.3 is 0 Å².